The second kappa shape index (κ2) is 10.2. The molecule has 0 saturated heterocycles. The quantitative estimate of drug-likeness (QED) is 0.333. The van der Waals surface area contributed by atoms with Crippen molar-refractivity contribution in [1.29, 1.82) is 0 Å². The van der Waals surface area contributed by atoms with E-state index in [1.165, 1.54) is 23.0 Å². The van der Waals surface area contributed by atoms with Crippen LogP contribution in [0.5, 0.6) is 0 Å². The van der Waals surface area contributed by atoms with E-state index in [1.807, 2.05) is 0 Å². The van der Waals surface area contributed by atoms with Gasteiger partial charge in [0.05, 0.1) is 27.7 Å². The molecule has 11 heteroatoms. The molecule has 0 fully saturated rings. The maximum absolute atomic E-state index is 14.4. The minimum atomic E-state index is -0.613. The van der Waals surface area contributed by atoms with Crippen LogP contribution in [0.4, 0.5) is 16.0 Å². The number of benzene rings is 2. The summed E-state index contributed by atoms with van der Waals surface area (Å²) >= 11 is 6.37. The molecule has 0 bridgehead atoms. The van der Waals surface area contributed by atoms with Crippen LogP contribution in [0, 0.1) is 24.6 Å². The molecule has 3 N–H and O–H groups in total. The van der Waals surface area contributed by atoms with Gasteiger partial charge >= 0.3 is 0 Å². The number of nitrogens with one attached hydrogen (secondary N) is 1. The van der Waals surface area contributed by atoms with E-state index in [9.17, 15) is 9.18 Å². The zero-order chi connectivity index (χ0) is 26.8. The molecule has 3 aromatic heterocycles. The van der Waals surface area contributed by atoms with Crippen LogP contribution in [-0.4, -0.2) is 29.5 Å². The molecule has 5 rings (SSSR count). The van der Waals surface area contributed by atoms with Gasteiger partial charge < -0.3 is 11.1 Å². The number of anilines is 2. The van der Waals surface area contributed by atoms with Gasteiger partial charge in [-0.05, 0) is 61.7 Å². The molecule has 188 valence electrons. The zero-order valence-corrected chi connectivity index (χ0v) is 21.0. The van der Waals surface area contributed by atoms with Gasteiger partial charge in [0.2, 0.25) is 5.82 Å². The van der Waals surface area contributed by atoms with Crippen molar-refractivity contribution in [2.24, 2.45) is 0 Å². The van der Waals surface area contributed by atoms with Gasteiger partial charge in [0, 0.05) is 12.4 Å². The lowest BCUT2D eigenvalue weighted by Gasteiger charge is -2.21. The van der Waals surface area contributed by atoms with Crippen molar-refractivity contribution in [3.05, 3.63) is 105 Å². The number of hydrogen-bond donors (Lipinski definition) is 2. The molecular formula is C27H20ClFN8O. The molecule has 5 aromatic rings. The summed E-state index contributed by atoms with van der Waals surface area (Å²) < 4.78 is 15.7. The number of rotatable bonds is 4. The molecule has 9 nitrogen and oxygen atoms in total. The van der Waals surface area contributed by atoms with Gasteiger partial charge in [-0.3, -0.25) is 9.36 Å². The Labute approximate surface area is 221 Å². The van der Waals surface area contributed by atoms with Crippen molar-refractivity contribution in [1.82, 2.24) is 29.5 Å². The summed E-state index contributed by atoms with van der Waals surface area (Å²) in [4.78, 5) is 35.0. The van der Waals surface area contributed by atoms with Crippen molar-refractivity contribution >= 4 is 34.1 Å². The number of aromatic nitrogens is 6. The maximum Gasteiger partial charge on any atom is 0.267 e. The van der Waals surface area contributed by atoms with E-state index in [1.54, 1.807) is 56.6 Å². The molecule has 1 unspecified atom stereocenters. The van der Waals surface area contributed by atoms with Crippen molar-refractivity contribution in [3.63, 3.8) is 0 Å². The molecule has 0 spiro atoms. The topological polar surface area (TPSA) is 124 Å². The maximum atomic E-state index is 14.4. The highest BCUT2D eigenvalue weighted by atomic mass is 35.5. The lowest BCUT2D eigenvalue weighted by atomic mass is 10.1. The van der Waals surface area contributed by atoms with Crippen LogP contribution in [0.1, 0.15) is 35.7 Å². The van der Waals surface area contributed by atoms with Crippen molar-refractivity contribution in [2.75, 3.05) is 11.1 Å². The van der Waals surface area contributed by atoms with E-state index in [0.717, 1.165) is 0 Å². The molecule has 3 heterocycles. The van der Waals surface area contributed by atoms with Gasteiger partial charge in [-0.2, -0.15) is 0 Å². The Morgan fingerprint density at radius 2 is 1.87 bits per heavy atom. The molecule has 0 saturated carbocycles. The first kappa shape index (κ1) is 24.8. The summed E-state index contributed by atoms with van der Waals surface area (Å²) in [5.74, 6) is 6.35. The monoisotopic (exact) mass is 526 g/mol. The summed E-state index contributed by atoms with van der Waals surface area (Å²) in [6, 6.07) is 10.4. The summed E-state index contributed by atoms with van der Waals surface area (Å²) in [6.45, 7) is 3.53. The molecule has 38 heavy (non-hydrogen) atoms. The predicted octanol–water partition coefficient (Wildman–Crippen LogP) is 4.22. The lowest BCUT2D eigenvalue weighted by Crippen LogP contribution is -2.28. The largest absolute Gasteiger partial charge is 0.382 e. The normalized spacial score (nSPS) is 11.6. The zero-order valence-electron chi connectivity index (χ0n) is 20.3. The molecule has 0 aliphatic heterocycles. The van der Waals surface area contributed by atoms with Crippen LogP contribution in [0.2, 0.25) is 5.02 Å². The summed E-state index contributed by atoms with van der Waals surface area (Å²) in [6.07, 6.45) is 4.45. The third-order valence-electron chi connectivity index (χ3n) is 5.64. The Hall–Kier alpha value is -4.88. The highest BCUT2D eigenvalue weighted by Crippen LogP contribution is 2.26. The number of aryl methyl sites for hydroxylation is 1. The van der Waals surface area contributed by atoms with Crippen molar-refractivity contribution in [3.8, 4) is 17.5 Å². The SMILES string of the molecule is Cc1cc(F)cc(-n2c(C(C)Nc3ncnc(N)c3C#Cc3ncccn3)nc3cccc(Cl)c3c2=O)c1. The van der Waals surface area contributed by atoms with E-state index in [-0.39, 0.29) is 16.2 Å². The van der Waals surface area contributed by atoms with E-state index in [0.29, 0.717) is 39.8 Å². The lowest BCUT2D eigenvalue weighted by molar-refractivity contribution is 0.623. The van der Waals surface area contributed by atoms with E-state index >= 15 is 0 Å². The fraction of sp³-hybridized carbons (Fsp3) is 0.111. The molecule has 0 amide bonds. The van der Waals surface area contributed by atoms with Crippen LogP contribution >= 0.6 is 11.6 Å². The van der Waals surface area contributed by atoms with Crippen molar-refractivity contribution < 1.29 is 4.39 Å². The number of hydrogen-bond acceptors (Lipinski definition) is 8. The summed E-state index contributed by atoms with van der Waals surface area (Å²) in [5, 5.41) is 3.70. The van der Waals surface area contributed by atoms with E-state index in [4.69, 9.17) is 22.3 Å². The van der Waals surface area contributed by atoms with Crippen LogP contribution in [-0.2, 0) is 0 Å². The Kier molecular flexibility index (Phi) is 6.68. The van der Waals surface area contributed by atoms with Gasteiger partial charge in [-0.25, -0.2) is 29.3 Å². The molecule has 2 aromatic carbocycles. The number of nitrogens with zero attached hydrogens (tertiary/aromatic N) is 6. The van der Waals surface area contributed by atoms with Crippen molar-refractivity contribution in [2.45, 2.75) is 19.9 Å². The van der Waals surface area contributed by atoms with Gasteiger partial charge in [0.15, 0.2) is 0 Å². The fourth-order valence-corrected chi connectivity index (χ4v) is 4.23. The van der Waals surface area contributed by atoms with Crippen LogP contribution in [0.15, 0.2) is 66.0 Å². The van der Waals surface area contributed by atoms with Gasteiger partial charge in [-0.15, -0.1) is 0 Å². The molecule has 0 aliphatic rings. The first-order valence-corrected chi connectivity index (χ1v) is 11.8. The number of fused-ring (bicyclic) bond motifs is 1. The average Bonchev–Trinajstić information content (AvgIpc) is 2.88. The first-order valence-electron chi connectivity index (χ1n) is 11.5. The number of nitrogen functional groups attached to an aromatic ring is 1. The molecule has 1 atom stereocenters. The highest BCUT2D eigenvalue weighted by molar-refractivity contribution is 6.35. The third kappa shape index (κ3) is 4.87. The van der Waals surface area contributed by atoms with Gasteiger partial charge in [-0.1, -0.05) is 23.6 Å². The van der Waals surface area contributed by atoms with Crippen LogP contribution < -0.4 is 16.6 Å². The van der Waals surface area contributed by atoms with E-state index < -0.39 is 17.4 Å². The minimum Gasteiger partial charge on any atom is -0.382 e. The molecule has 0 aliphatic carbocycles. The first-order chi connectivity index (χ1) is 18.3. The summed E-state index contributed by atoms with van der Waals surface area (Å²) in [5.41, 5.74) is 7.36. The van der Waals surface area contributed by atoms with Crippen LogP contribution in [0.3, 0.4) is 0 Å². The second-order valence-corrected chi connectivity index (χ2v) is 8.81. The van der Waals surface area contributed by atoms with Gasteiger partial charge in [0.25, 0.3) is 5.56 Å². The standard InChI is InChI=1S/C27H20ClFN8O/c1-15-11-17(29)13-18(12-15)37-26(36-21-6-3-5-20(28)23(21)27(37)38)16(2)35-25-19(24(30)33-14-34-25)7-8-22-31-9-4-10-32-22/h3-6,9-14,16H,1-2H3,(H3,30,33,34,35). The van der Waals surface area contributed by atoms with E-state index in [2.05, 4.69) is 37.1 Å². The smallest absolute Gasteiger partial charge is 0.267 e. The fourth-order valence-electron chi connectivity index (χ4n) is 3.98. The number of halogens is 2. The Balaban J connectivity index is 1.65. The Morgan fingerprint density at radius 1 is 1.08 bits per heavy atom. The van der Waals surface area contributed by atoms with Gasteiger partial charge in [0.1, 0.15) is 35.2 Å². The van der Waals surface area contributed by atoms with Crippen LogP contribution in [0.25, 0.3) is 16.6 Å². The third-order valence-corrected chi connectivity index (χ3v) is 5.95. The second-order valence-electron chi connectivity index (χ2n) is 8.40. The predicted molar refractivity (Wildman–Crippen MR) is 144 cm³/mol. The Bertz CT molecular complexity index is 1780. The Morgan fingerprint density at radius 3 is 2.63 bits per heavy atom. The average molecular weight is 527 g/mol. The molecule has 0 radical (unpaired) electrons. The minimum absolute atomic E-state index is 0.148. The highest BCUT2D eigenvalue weighted by Gasteiger charge is 2.21. The molecular weight excluding hydrogens is 507 g/mol. The summed E-state index contributed by atoms with van der Waals surface area (Å²) in [7, 11) is 0. The number of nitrogens with two attached hydrogens (primary N) is 1.